The zero-order valence-corrected chi connectivity index (χ0v) is 19.2. The van der Waals surface area contributed by atoms with E-state index < -0.39 is 23.9 Å². The smallest absolute Gasteiger partial charge is 0.339 e. The molecular weight excluding hydrogens is 526 g/mol. The molecule has 0 aromatic carbocycles. The van der Waals surface area contributed by atoms with E-state index in [9.17, 15) is 0 Å². The topological polar surface area (TPSA) is 167 Å². The Balaban J connectivity index is -0.0000000500. The second-order valence-corrected chi connectivity index (χ2v) is 4.66. The van der Waals surface area contributed by atoms with Crippen LogP contribution in [0.5, 0.6) is 0 Å². The molecule has 8 N–H and O–H groups in total. The second-order valence-electron chi connectivity index (χ2n) is 4.66. The third kappa shape index (κ3) is 91.5. The molecule has 0 spiro atoms. The molecule has 0 aliphatic heterocycles. The molecule has 0 aliphatic rings. The standard InChI is InChI=1S/4C4H8O2.2Rh/c4*1-2-3-4(5)6;;/h4*2-3H2,1H3,(H,5,6);;/p+4. The molecule has 0 aromatic rings. The molecular formula is C16H36O8Rh2+4. The number of hydrogen-bond acceptors (Lipinski definition) is 0. The van der Waals surface area contributed by atoms with Crippen molar-refractivity contribution in [1.82, 2.24) is 0 Å². The van der Waals surface area contributed by atoms with Crippen LogP contribution in [0.25, 0.3) is 0 Å². The molecule has 10 heteroatoms. The van der Waals surface area contributed by atoms with Crippen molar-refractivity contribution >= 4 is 23.9 Å². The van der Waals surface area contributed by atoms with Gasteiger partial charge in [0.1, 0.15) is 25.7 Å². The average Bonchev–Trinajstić information content (AvgIpc) is 2.39. The van der Waals surface area contributed by atoms with Crippen LogP contribution in [-0.2, 0) is 39.0 Å². The summed E-state index contributed by atoms with van der Waals surface area (Å²) < 4.78 is 0. The minimum Gasteiger partial charge on any atom is -0.339 e. The molecule has 0 saturated carbocycles. The van der Waals surface area contributed by atoms with Crippen LogP contribution in [0.4, 0.5) is 0 Å². The Morgan fingerprint density at radius 3 is 0.577 bits per heavy atom. The van der Waals surface area contributed by atoms with E-state index in [1.807, 2.05) is 27.7 Å². The normalized spacial score (nSPS) is 7.54. The number of aliphatic carboxylic acids is 4. The van der Waals surface area contributed by atoms with Crippen molar-refractivity contribution in [1.29, 1.82) is 0 Å². The Bertz CT molecular complexity index is 272. The van der Waals surface area contributed by atoms with Crippen molar-refractivity contribution in [3.05, 3.63) is 0 Å². The van der Waals surface area contributed by atoms with Gasteiger partial charge in [0.05, 0.1) is 0 Å². The summed E-state index contributed by atoms with van der Waals surface area (Å²) in [6.07, 6.45) is 4.79. The number of aliphatic hydroxyl groups excluding tert-OH is 4. The van der Waals surface area contributed by atoms with Gasteiger partial charge in [-0.2, -0.15) is 0 Å². The first-order valence-electron chi connectivity index (χ1n) is 8.03. The van der Waals surface area contributed by atoms with Crippen molar-refractivity contribution in [2.24, 2.45) is 0 Å². The summed E-state index contributed by atoms with van der Waals surface area (Å²) in [5.41, 5.74) is 0. The van der Waals surface area contributed by atoms with Crippen LogP contribution in [0.15, 0.2) is 0 Å². The van der Waals surface area contributed by atoms with Gasteiger partial charge < -0.3 is 39.6 Å². The zero-order valence-electron chi connectivity index (χ0n) is 15.9. The molecule has 0 aromatic heterocycles. The molecule has 0 atom stereocenters. The van der Waals surface area contributed by atoms with E-state index in [0.29, 0.717) is 25.7 Å². The first kappa shape index (κ1) is 40.0. The average molecular weight is 562 g/mol. The Kier molecular flexibility index (Phi) is 54.2. The molecule has 162 valence electrons. The molecule has 26 heavy (non-hydrogen) atoms. The molecule has 0 aliphatic carbocycles. The molecule has 0 heterocycles. The van der Waals surface area contributed by atoms with Crippen LogP contribution in [0.2, 0.25) is 0 Å². The van der Waals surface area contributed by atoms with Gasteiger partial charge in [-0.15, -0.1) is 0 Å². The van der Waals surface area contributed by atoms with Gasteiger partial charge in [0.2, 0.25) is 0 Å². The zero-order chi connectivity index (χ0) is 20.0. The molecule has 0 saturated heterocycles. The van der Waals surface area contributed by atoms with Gasteiger partial charge >= 0.3 is 23.9 Å². The Labute approximate surface area is 181 Å². The summed E-state index contributed by atoms with van der Waals surface area (Å²) in [5.74, 6) is -1.84. The molecule has 0 amide bonds. The van der Waals surface area contributed by atoms with Gasteiger partial charge in [-0.1, -0.05) is 27.7 Å². The predicted molar refractivity (Wildman–Crippen MR) is 97.9 cm³/mol. The van der Waals surface area contributed by atoms with Gasteiger partial charge in [-0.3, -0.25) is 0 Å². The summed E-state index contributed by atoms with van der Waals surface area (Å²) in [6, 6.07) is 0. The largest absolute Gasteiger partial charge is 0.480 e. The fraction of sp³-hybridized carbons (Fsp3) is 0.750. The summed E-state index contributed by atoms with van der Waals surface area (Å²) in [4.78, 5) is 32.1. The summed E-state index contributed by atoms with van der Waals surface area (Å²) in [6.45, 7) is 7.53. The van der Waals surface area contributed by atoms with Crippen LogP contribution in [0.3, 0.4) is 0 Å². The van der Waals surface area contributed by atoms with E-state index in [1.165, 1.54) is 0 Å². The van der Waals surface area contributed by atoms with Crippen LogP contribution >= 0.6 is 0 Å². The van der Waals surface area contributed by atoms with Crippen molar-refractivity contribution in [2.75, 3.05) is 0 Å². The summed E-state index contributed by atoms with van der Waals surface area (Å²) in [7, 11) is 0. The number of carboxylic acid groups (broad SMARTS) is 4. The molecule has 0 fully saturated rings. The SMILES string of the molecule is CCCC(O)=[OH+].CCCC(O)=[OH+].CCCC(O)=[OH+].CCCC(O)=[OH+].[Rh].[Rh]. The first-order valence-corrected chi connectivity index (χ1v) is 8.03. The Morgan fingerprint density at radius 2 is 0.577 bits per heavy atom. The van der Waals surface area contributed by atoms with E-state index in [0.717, 1.165) is 25.7 Å². The van der Waals surface area contributed by atoms with Gasteiger partial charge in [0.15, 0.2) is 0 Å². The van der Waals surface area contributed by atoms with E-state index in [-0.39, 0.29) is 39.0 Å². The molecule has 0 bridgehead atoms. The maximum Gasteiger partial charge on any atom is 0.480 e. The predicted octanol–water partition coefficient (Wildman–Crippen LogP) is 3.38. The maximum absolute atomic E-state index is 8.02. The monoisotopic (exact) mass is 562 g/mol. The molecule has 0 unspecified atom stereocenters. The number of hydrogen-bond donors (Lipinski definition) is 4. The maximum atomic E-state index is 8.02. The summed E-state index contributed by atoms with van der Waals surface area (Å²) >= 11 is 0. The van der Waals surface area contributed by atoms with Crippen molar-refractivity contribution in [2.45, 2.75) is 79.1 Å². The van der Waals surface area contributed by atoms with Crippen LogP contribution in [0, 0.1) is 0 Å². The van der Waals surface area contributed by atoms with Gasteiger partial charge in [-0.25, -0.2) is 0 Å². The first-order chi connectivity index (χ1) is 11.1. The fourth-order valence-corrected chi connectivity index (χ4v) is 0.894. The van der Waals surface area contributed by atoms with E-state index in [2.05, 4.69) is 0 Å². The number of rotatable bonds is 8. The van der Waals surface area contributed by atoms with Gasteiger partial charge in [0, 0.05) is 39.0 Å². The van der Waals surface area contributed by atoms with Gasteiger partial charge in [0.25, 0.3) is 0 Å². The van der Waals surface area contributed by atoms with Crippen molar-refractivity contribution < 1.29 is 78.6 Å². The van der Waals surface area contributed by atoms with Crippen LogP contribution in [0.1, 0.15) is 79.1 Å². The van der Waals surface area contributed by atoms with Crippen molar-refractivity contribution in [3.8, 4) is 0 Å². The third-order valence-electron chi connectivity index (χ3n) is 1.89. The fourth-order valence-electron chi connectivity index (χ4n) is 0.894. The molecule has 8 nitrogen and oxygen atoms in total. The summed E-state index contributed by atoms with van der Waals surface area (Å²) in [5, 5.41) is 32.1. The van der Waals surface area contributed by atoms with Crippen molar-refractivity contribution in [3.63, 3.8) is 0 Å². The van der Waals surface area contributed by atoms with E-state index in [1.54, 1.807) is 0 Å². The Morgan fingerprint density at radius 1 is 0.462 bits per heavy atom. The van der Waals surface area contributed by atoms with Crippen LogP contribution < -0.4 is 0 Å². The Hall–Kier alpha value is -0.873. The van der Waals surface area contributed by atoms with E-state index in [4.69, 9.17) is 39.6 Å². The van der Waals surface area contributed by atoms with Gasteiger partial charge in [-0.05, 0) is 25.7 Å². The quantitative estimate of drug-likeness (QED) is 0.263. The minimum absolute atomic E-state index is 0. The van der Waals surface area contributed by atoms with Crippen LogP contribution in [-0.4, -0.2) is 63.5 Å². The third-order valence-corrected chi connectivity index (χ3v) is 1.89. The molecule has 2 radical (unpaired) electrons. The number of carboxylic acids is 4. The minimum atomic E-state index is -0.461. The molecule has 0 rings (SSSR count). The van der Waals surface area contributed by atoms with E-state index >= 15 is 0 Å². The second kappa shape index (κ2) is 35.3.